The first kappa shape index (κ1) is 20.6. The van der Waals surface area contributed by atoms with Crippen molar-refractivity contribution in [3.05, 3.63) is 48.0 Å². The molecule has 2 aromatic rings. The highest BCUT2D eigenvalue weighted by atomic mass is 32.2. The van der Waals surface area contributed by atoms with Crippen LogP contribution in [0.5, 0.6) is 11.5 Å². The molecule has 0 bridgehead atoms. The smallest absolute Gasteiger partial charge is 0.317 e. The molecule has 1 N–H and O–H groups in total. The van der Waals surface area contributed by atoms with Gasteiger partial charge in [-0.3, -0.25) is 9.59 Å². The molecule has 0 aliphatic rings. The summed E-state index contributed by atoms with van der Waals surface area (Å²) >= 11 is 1.33. The molecule has 0 saturated carbocycles. The minimum atomic E-state index is -0.917. The van der Waals surface area contributed by atoms with E-state index in [1.54, 1.807) is 19.2 Å². The van der Waals surface area contributed by atoms with E-state index in [1.165, 1.54) is 25.8 Å². The quantitative estimate of drug-likeness (QED) is 0.548. The van der Waals surface area contributed by atoms with E-state index in [0.717, 1.165) is 16.2 Å². The minimum Gasteiger partial charge on any atom is -0.497 e. The lowest BCUT2D eigenvalue weighted by Crippen LogP contribution is -2.30. The van der Waals surface area contributed by atoms with Crippen molar-refractivity contribution >= 4 is 29.3 Å². The Morgan fingerprint density at radius 1 is 1.07 bits per heavy atom. The molecule has 1 atom stereocenters. The van der Waals surface area contributed by atoms with Crippen LogP contribution in [0.15, 0.2) is 47.4 Å². The molecule has 7 heteroatoms. The number of hydrogen-bond acceptors (Lipinski definition) is 6. The van der Waals surface area contributed by atoms with Gasteiger partial charge < -0.3 is 19.5 Å². The Hall–Kier alpha value is -2.67. The second kappa shape index (κ2) is 9.87. The van der Waals surface area contributed by atoms with Crippen LogP contribution in [0.4, 0.5) is 5.69 Å². The normalized spacial score (nSPS) is 11.4. The second-order valence-electron chi connectivity index (χ2n) is 5.79. The molecule has 2 rings (SSSR count). The second-order valence-corrected chi connectivity index (χ2v) is 6.84. The monoisotopic (exact) mass is 389 g/mol. The Kier molecular flexibility index (Phi) is 7.55. The van der Waals surface area contributed by atoms with E-state index >= 15 is 0 Å². The van der Waals surface area contributed by atoms with Gasteiger partial charge in [0.1, 0.15) is 11.5 Å². The summed E-state index contributed by atoms with van der Waals surface area (Å²) in [4.78, 5) is 25.2. The predicted molar refractivity (Wildman–Crippen MR) is 106 cm³/mol. The number of esters is 1. The summed E-state index contributed by atoms with van der Waals surface area (Å²) < 4.78 is 15.5. The van der Waals surface area contributed by atoms with Gasteiger partial charge in [-0.15, -0.1) is 11.8 Å². The van der Waals surface area contributed by atoms with Crippen molar-refractivity contribution in [1.82, 2.24) is 0 Å². The van der Waals surface area contributed by atoms with Crippen molar-refractivity contribution in [2.75, 3.05) is 25.3 Å². The molecule has 0 spiro atoms. The van der Waals surface area contributed by atoms with Crippen LogP contribution < -0.4 is 14.8 Å². The number of amides is 1. The topological polar surface area (TPSA) is 73.9 Å². The molecular formula is C20H23NO5S. The summed E-state index contributed by atoms with van der Waals surface area (Å²) in [7, 11) is 3.12. The number of carbonyl (C=O) groups excluding carboxylic acids is 2. The third-order valence-corrected chi connectivity index (χ3v) is 4.69. The molecule has 0 fully saturated rings. The van der Waals surface area contributed by atoms with E-state index in [1.807, 2.05) is 37.3 Å². The van der Waals surface area contributed by atoms with Crippen LogP contribution in [-0.4, -0.2) is 38.0 Å². The van der Waals surface area contributed by atoms with Gasteiger partial charge in [0.2, 0.25) is 0 Å². The fourth-order valence-corrected chi connectivity index (χ4v) is 2.93. The lowest BCUT2D eigenvalue weighted by atomic mass is 10.2. The summed E-state index contributed by atoms with van der Waals surface area (Å²) in [6, 6.07) is 12.8. The van der Waals surface area contributed by atoms with Crippen LogP contribution in [0.2, 0.25) is 0 Å². The molecular weight excluding hydrogens is 366 g/mol. The van der Waals surface area contributed by atoms with Gasteiger partial charge in [0.05, 0.1) is 25.7 Å². The van der Waals surface area contributed by atoms with Crippen molar-refractivity contribution in [3.63, 3.8) is 0 Å². The van der Waals surface area contributed by atoms with Crippen molar-refractivity contribution in [2.45, 2.75) is 24.8 Å². The predicted octanol–water partition coefficient (Wildman–Crippen LogP) is 3.67. The molecule has 0 heterocycles. The standard InChI is InChI=1S/C20H23NO5S/c1-13-5-10-18(25-4)17(11-13)21-20(23)14(2)26-19(22)12-27-16-8-6-15(24-3)7-9-16/h5-11,14H,12H2,1-4H3,(H,21,23)/t14-/m1/s1. The van der Waals surface area contributed by atoms with Crippen LogP contribution in [0.25, 0.3) is 0 Å². The van der Waals surface area contributed by atoms with Gasteiger partial charge in [0.15, 0.2) is 6.10 Å². The van der Waals surface area contributed by atoms with Crippen molar-refractivity contribution < 1.29 is 23.8 Å². The largest absolute Gasteiger partial charge is 0.497 e. The summed E-state index contributed by atoms with van der Waals surface area (Å²) in [6.45, 7) is 3.45. The number of methoxy groups -OCH3 is 2. The highest BCUT2D eigenvalue weighted by molar-refractivity contribution is 8.00. The average Bonchev–Trinajstić information content (AvgIpc) is 2.67. The van der Waals surface area contributed by atoms with Gasteiger partial charge in [-0.25, -0.2) is 0 Å². The Morgan fingerprint density at radius 2 is 1.78 bits per heavy atom. The molecule has 0 radical (unpaired) electrons. The number of benzene rings is 2. The zero-order valence-electron chi connectivity index (χ0n) is 15.8. The molecule has 27 heavy (non-hydrogen) atoms. The first-order valence-corrected chi connectivity index (χ1v) is 9.33. The van der Waals surface area contributed by atoms with Crippen LogP contribution in [-0.2, 0) is 14.3 Å². The molecule has 0 aliphatic heterocycles. The number of ether oxygens (including phenoxy) is 3. The van der Waals surface area contributed by atoms with Gasteiger partial charge >= 0.3 is 5.97 Å². The van der Waals surface area contributed by atoms with Gasteiger partial charge in [-0.1, -0.05) is 6.07 Å². The number of hydrogen-bond donors (Lipinski definition) is 1. The molecule has 1 amide bonds. The molecule has 0 aromatic heterocycles. The lowest BCUT2D eigenvalue weighted by molar-refractivity contribution is -0.150. The molecule has 0 aliphatic carbocycles. The molecule has 6 nitrogen and oxygen atoms in total. The number of aryl methyl sites for hydroxylation is 1. The molecule has 0 unspecified atom stereocenters. The van der Waals surface area contributed by atoms with Gasteiger partial charge in [-0.05, 0) is 55.8 Å². The number of thioether (sulfide) groups is 1. The summed E-state index contributed by atoms with van der Waals surface area (Å²) in [6.07, 6.45) is -0.917. The number of anilines is 1. The highest BCUT2D eigenvalue weighted by Gasteiger charge is 2.19. The fourth-order valence-electron chi connectivity index (χ4n) is 2.25. The van der Waals surface area contributed by atoms with Crippen molar-refractivity contribution in [2.24, 2.45) is 0 Å². The van der Waals surface area contributed by atoms with Crippen LogP contribution in [0, 0.1) is 6.92 Å². The van der Waals surface area contributed by atoms with Crippen molar-refractivity contribution in [1.29, 1.82) is 0 Å². The lowest BCUT2D eigenvalue weighted by Gasteiger charge is -2.15. The summed E-state index contributed by atoms with van der Waals surface area (Å²) in [5, 5.41) is 2.73. The van der Waals surface area contributed by atoms with E-state index in [-0.39, 0.29) is 5.75 Å². The van der Waals surface area contributed by atoms with Gasteiger partial charge in [0.25, 0.3) is 5.91 Å². The third kappa shape index (κ3) is 6.21. The molecule has 2 aromatic carbocycles. The maximum atomic E-state index is 12.3. The Labute approximate surface area is 163 Å². The minimum absolute atomic E-state index is 0.109. The Morgan fingerprint density at radius 3 is 2.41 bits per heavy atom. The van der Waals surface area contributed by atoms with E-state index in [4.69, 9.17) is 14.2 Å². The third-order valence-electron chi connectivity index (χ3n) is 3.71. The van der Waals surface area contributed by atoms with Crippen LogP contribution in [0.1, 0.15) is 12.5 Å². The van der Waals surface area contributed by atoms with Crippen LogP contribution in [0.3, 0.4) is 0 Å². The van der Waals surface area contributed by atoms with E-state index < -0.39 is 18.0 Å². The summed E-state index contributed by atoms with van der Waals surface area (Å²) in [5.41, 5.74) is 1.52. The average molecular weight is 389 g/mol. The maximum absolute atomic E-state index is 12.3. The zero-order chi connectivity index (χ0) is 19.8. The number of nitrogens with one attached hydrogen (secondary N) is 1. The molecule has 144 valence electrons. The number of rotatable bonds is 8. The highest BCUT2D eigenvalue weighted by Crippen LogP contribution is 2.25. The fraction of sp³-hybridized carbons (Fsp3) is 0.300. The first-order chi connectivity index (χ1) is 12.9. The Bertz CT molecular complexity index is 791. The van der Waals surface area contributed by atoms with Crippen LogP contribution >= 0.6 is 11.8 Å². The van der Waals surface area contributed by atoms with Gasteiger partial charge in [0, 0.05) is 4.90 Å². The van der Waals surface area contributed by atoms with Crippen molar-refractivity contribution in [3.8, 4) is 11.5 Å². The van der Waals surface area contributed by atoms with E-state index in [0.29, 0.717) is 11.4 Å². The maximum Gasteiger partial charge on any atom is 0.317 e. The van der Waals surface area contributed by atoms with E-state index in [2.05, 4.69) is 5.32 Å². The van der Waals surface area contributed by atoms with E-state index in [9.17, 15) is 9.59 Å². The summed E-state index contributed by atoms with van der Waals surface area (Å²) in [5.74, 6) is 0.523. The first-order valence-electron chi connectivity index (χ1n) is 8.34. The SMILES string of the molecule is COc1ccc(SCC(=O)O[C@H](C)C(=O)Nc2cc(C)ccc2OC)cc1. The zero-order valence-corrected chi connectivity index (χ0v) is 16.6. The molecule has 0 saturated heterocycles. The number of carbonyl (C=O) groups is 2. The van der Waals surface area contributed by atoms with Gasteiger partial charge in [-0.2, -0.15) is 0 Å². The Balaban J connectivity index is 1.86.